The summed E-state index contributed by atoms with van der Waals surface area (Å²) in [5.74, 6) is 1.06. The minimum Gasteiger partial charge on any atom is -0.425 e. The van der Waals surface area contributed by atoms with E-state index in [1.54, 1.807) is 0 Å². The molecule has 1 unspecified atom stereocenters. The average Bonchev–Trinajstić information content (AvgIpc) is 3.30. The van der Waals surface area contributed by atoms with Crippen LogP contribution in [0.3, 0.4) is 0 Å². The Bertz CT molecular complexity index is 1400. The summed E-state index contributed by atoms with van der Waals surface area (Å²) in [5, 5.41) is 0.561. The van der Waals surface area contributed by atoms with Crippen LogP contribution in [0.25, 0.3) is 22.4 Å². The van der Waals surface area contributed by atoms with E-state index in [9.17, 15) is 0 Å². The Hall–Kier alpha value is -3.61. The fraction of sp³-hybridized carbons (Fsp3) is 0.214. The zero-order valence-electron chi connectivity index (χ0n) is 19.2. The molecule has 2 aromatic heterocycles. The van der Waals surface area contributed by atoms with Crippen molar-refractivity contribution in [1.82, 2.24) is 15.0 Å². The molecule has 6 rings (SSSR count). The van der Waals surface area contributed by atoms with Crippen molar-refractivity contribution in [2.45, 2.75) is 12.3 Å². The number of ether oxygens (including phenoxy) is 2. The summed E-state index contributed by atoms with van der Waals surface area (Å²) in [6, 6.07) is 18.6. The molecule has 0 amide bonds. The van der Waals surface area contributed by atoms with E-state index in [4.69, 9.17) is 26.1 Å². The zero-order chi connectivity index (χ0) is 23.6. The molecule has 0 saturated carbocycles. The number of fused-ring (bicyclic) bond motifs is 1. The van der Waals surface area contributed by atoms with Gasteiger partial charge in [0.1, 0.15) is 5.75 Å². The molecule has 3 heterocycles. The lowest BCUT2D eigenvalue weighted by Gasteiger charge is -2.28. The second-order valence-electron chi connectivity index (χ2n) is 8.67. The molecule has 2 aromatic carbocycles. The number of morpholine rings is 1. The largest absolute Gasteiger partial charge is 0.425 e. The van der Waals surface area contributed by atoms with Gasteiger partial charge in [0, 0.05) is 35.8 Å². The van der Waals surface area contributed by atoms with E-state index in [1.807, 2.05) is 24.3 Å². The molecular weight excluding hydrogens is 460 g/mol. The summed E-state index contributed by atoms with van der Waals surface area (Å²) < 4.78 is 11.6. The van der Waals surface area contributed by atoms with Crippen molar-refractivity contribution in [3.8, 4) is 23.0 Å². The molecular formula is C28H25ClN4O2. The second kappa shape index (κ2) is 9.56. The molecule has 1 fully saturated rings. The standard InChI is InChI=1S/C28H25ClN4O2/c29-23-18-24-27(31-26(23)20-10-12-21(13-11-20)33-14-16-34-17-15-33)32-28(30-24)35-25-9-5-4-8-22(25)19-6-2-1-3-7-19/h1-6,8-13,18-19H,7,14-17H2,(H,30,31,32). The Balaban J connectivity index is 1.27. The summed E-state index contributed by atoms with van der Waals surface area (Å²) in [6.07, 6.45) is 9.46. The Morgan fingerprint density at radius 3 is 2.63 bits per heavy atom. The maximum Gasteiger partial charge on any atom is 0.301 e. The lowest BCUT2D eigenvalue weighted by atomic mass is 9.92. The van der Waals surface area contributed by atoms with Gasteiger partial charge in [0.15, 0.2) is 5.65 Å². The van der Waals surface area contributed by atoms with Gasteiger partial charge >= 0.3 is 6.01 Å². The summed E-state index contributed by atoms with van der Waals surface area (Å²) >= 11 is 6.63. The first-order valence-corrected chi connectivity index (χ1v) is 12.2. The Morgan fingerprint density at radius 2 is 1.83 bits per heavy atom. The average molecular weight is 485 g/mol. The predicted molar refractivity (Wildman–Crippen MR) is 140 cm³/mol. The van der Waals surface area contributed by atoms with Gasteiger partial charge in [-0.15, -0.1) is 0 Å². The number of nitrogens with one attached hydrogen (secondary N) is 1. The number of halogens is 1. The van der Waals surface area contributed by atoms with Crippen LogP contribution in [-0.4, -0.2) is 41.3 Å². The quantitative estimate of drug-likeness (QED) is 0.350. The Labute approximate surface area is 208 Å². The molecule has 176 valence electrons. The predicted octanol–water partition coefficient (Wildman–Crippen LogP) is 6.51. The number of aromatic nitrogens is 3. The highest BCUT2D eigenvalue weighted by Gasteiger charge is 2.17. The summed E-state index contributed by atoms with van der Waals surface area (Å²) in [6.45, 7) is 3.32. The van der Waals surface area contributed by atoms with Gasteiger partial charge < -0.3 is 19.4 Å². The number of pyridine rings is 1. The molecule has 1 saturated heterocycles. The van der Waals surface area contributed by atoms with Crippen LogP contribution < -0.4 is 9.64 Å². The fourth-order valence-electron chi connectivity index (χ4n) is 4.59. The van der Waals surface area contributed by atoms with Gasteiger partial charge in [0.2, 0.25) is 0 Å². The Morgan fingerprint density at radius 1 is 1.00 bits per heavy atom. The number of nitrogens with zero attached hydrogens (tertiary/aromatic N) is 3. The number of para-hydroxylation sites is 1. The SMILES string of the molecule is Clc1cc2[nH]c(Oc3ccccc3C3C=CC=CC3)nc2nc1-c1ccc(N2CCOCC2)cc1. The number of imidazole rings is 1. The molecule has 0 bridgehead atoms. The van der Waals surface area contributed by atoms with Crippen LogP contribution in [-0.2, 0) is 4.74 Å². The maximum atomic E-state index is 6.63. The van der Waals surface area contributed by atoms with E-state index in [0.717, 1.165) is 55.1 Å². The van der Waals surface area contributed by atoms with Crippen molar-refractivity contribution in [1.29, 1.82) is 0 Å². The lowest BCUT2D eigenvalue weighted by Crippen LogP contribution is -2.36. The van der Waals surface area contributed by atoms with Crippen LogP contribution in [0.4, 0.5) is 5.69 Å². The van der Waals surface area contributed by atoms with Gasteiger partial charge in [-0.1, -0.05) is 66.2 Å². The highest BCUT2D eigenvalue weighted by molar-refractivity contribution is 6.33. The number of hydrogen-bond donors (Lipinski definition) is 1. The lowest BCUT2D eigenvalue weighted by molar-refractivity contribution is 0.122. The van der Waals surface area contributed by atoms with Crippen molar-refractivity contribution in [3.63, 3.8) is 0 Å². The van der Waals surface area contributed by atoms with Gasteiger partial charge in [-0.05, 0) is 30.7 Å². The smallest absolute Gasteiger partial charge is 0.301 e. The molecule has 2 aliphatic rings. The van der Waals surface area contributed by atoms with E-state index in [-0.39, 0.29) is 5.92 Å². The number of rotatable bonds is 5. The second-order valence-corrected chi connectivity index (χ2v) is 9.08. The van der Waals surface area contributed by atoms with Crippen LogP contribution in [0.1, 0.15) is 17.9 Å². The first-order valence-electron chi connectivity index (χ1n) is 11.8. The highest BCUT2D eigenvalue weighted by Crippen LogP contribution is 2.35. The summed E-state index contributed by atoms with van der Waals surface area (Å²) in [4.78, 5) is 14.9. The summed E-state index contributed by atoms with van der Waals surface area (Å²) in [5.41, 5.74) is 5.24. The minimum atomic E-state index is 0.278. The third kappa shape index (κ3) is 4.55. The van der Waals surface area contributed by atoms with Crippen LogP contribution in [0.15, 0.2) is 78.9 Å². The molecule has 1 aliphatic carbocycles. The number of benzene rings is 2. The molecule has 1 N–H and O–H groups in total. The number of anilines is 1. The van der Waals surface area contributed by atoms with Crippen LogP contribution in [0.5, 0.6) is 11.8 Å². The molecule has 1 atom stereocenters. The van der Waals surface area contributed by atoms with Gasteiger partial charge in [0.25, 0.3) is 0 Å². The molecule has 0 radical (unpaired) electrons. The normalized spacial score (nSPS) is 17.7. The van der Waals surface area contributed by atoms with Crippen molar-refractivity contribution < 1.29 is 9.47 Å². The zero-order valence-corrected chi connectivity index (χ0v) is 19.9. The number of allylic oxidation sites excluding steroid dienone is 4. The van der Waals surface area contributed by atoms with Crippen LogP contribution in [0.2, 0.25) is 5.02 Å². The van der Waals surface area contributed by atoms with E-state index in [0.29, 0.717) is 22.4 Å². The molecule has 4 aromatic rings. The monoisotopic (exact) mass is 484 g/mol. The highest BCUT2D eigenvalue weighted by atomic mass is 35.5. The number of aromatic amines is 1. The van der Waals surface area contributed by atoms with Crippen molar-refractivity contribution in [2.24, 2.45) is 0 Å². The van der Waals surface area contributed by atoms with E-state index in [1.165, 1.54) is 5.69 Å². The van der Waals surface area contributed by atoms with Crippen LogP contribution in [0, 0.1) is 0 Å². The maximum absolute atomic E-state index is 6.63. The molecule has 0 spiro atoms. The Kier molecular flexibility index (Phi) is 5.98. The molecule has 35 heavy (non-hydrogen) atoms. The number of hydrogen-bond acceptors (Lipinski definition) is 5. The van der Waals surface area contributed by atoms with Crippen molar-refractivity contribution in [2.75, 3.05) is 31.2 Å². The van der Waals surface area contributed by atoms with Gasteiger partial charge in [-0.2, -0.15) is 4.98 Å². The minimum absolute atomic E-state index is 0.278. The van der Waals surface area contributed by atoms with E-state index >= 15 is 0 Å². The third-order valence-corrected chi connectivity index (χ3v) is 6.72. The topological polar surface area (TPSA) is 63.3 Å². The van der Waals surface area contributed by atoms with E-state index in [2.05, 4.69) is 69.5 Å². The van der Waals surface area contributed by atoms with Gasteiger partial charge in [-0.25, -0.2) is 4.98 Å². The summed E-state index contributed by atoms with van der Waals surface area (Å²) in [7, 11) is 0. The fourth-order valence-corrected chi connectivity index (χ4v) is 4.85. The molecule has 7 heteroatoms. The van der Waals surface area contributed by atoms with Crippen molar-refractivity contribution in [3.05, 3.63) is 89.5 Å². The van der Waals surface area contributed by atoms with Gasteiger partial charge in [-0.3, -0.25) is 0 Å². The molecule has 6 nitrogen and oxygen atoms in total. The van der Waals surface area contributed by atoms with Crippen molar-refractivity contribution >= 4 is 28.5 Å². The van der Waals surface area contributed by atoms with Crippen LogP contribution >= 0.6 is 11.6 Å². The number of H-pyrrole nitrogens is 1. The first kappa shape index (κ1) is 21.9. The molecule has 1 aliphatic heterocycles. The first-order chi connectivity index (χ1) is 17.2. The third-order valence-electron chi connectivity index (χ3n) is 6.43. The van der Waals surface area contributed by atoms with Gasteiger partial charge in [0.05, 0.1) is 29.4 Å². The van der Waals surface area contributed by atoms with E-state index < -0.39 is 0 Å².